The molecule has 0 aromatic heterocycles. The molecule has 3 aromatic carbocycles. The highest BCUT2D eigenvalue weighted by Gasteiger charge is 2.27. The van der Waals surface area contributed by atoms with E-state index < -0.39 is 11.6 Å². The van der Waals surface area contributed by atoms with Crippen molar-refractivity contribution < 1.29 is 13.2 Å². The zero-order valence-corrected chi connectivity index (χ0v) is 18.9. The summed E-state index contributed by atoms with van der Waals surface area (Å²) >= 11 is 0. The van der Waals surface area contributed by atoms with Gasteiger partial charge in [0, 0.05) is 5.56 Å². The molecule has 0 spiro atoms. The van der Waals surface area contributed by atoms with Crippen LogP contribution >= 0.6 is 0 Å². The molecule has 3 heteroatoms. The molecule has 4 rings (SSSR count). The second-order valence-corrected chi connectivity index (χ2v) is 9.03. The van der Waals surface area contributed by atoms with Gasteiger partial charge in [-0.3, -0.25) is 0 Å². The topological polar surface area (TPSA) is 0 Å². The first-order valence-corrected chi connectivity index (χ1v) is 11.9. The Bertz CT molecular complexity index is 1060. The summed E-state index contributed by atoms with van der Waals surface area (Å²) in [5.74, 6) is -1.34. The van der Waals surface area contributed by atoms with Crippen LogP contribution in [-0.4, -0.2) is 0 Å². The first kappa shape index (κ1) is 22.6. The molecule has 3 aromatic rings. The van der Waals surface area contributed by atoms with E-state index in [9.17, 15) is 8.78 Å². The Labute approximate surface area is 189 Å². The highest BCUT2D eigenvalue weighted by molar-refractivity contribution is 5.65. The van der Waals surface area contributed by atoms with E-state index in [1.54, 1.807) is 18.2 Å². The quantitative estimate of drug-likeness (QED) is 0.362. The fraction of sp³-hybridized carbons (Fsp3) is 0.379. The van der Waals surface area contributed by atoms with Crippen LogP contribution in [-0.2, 0) is 12.8 Å². The molecule has 0 N–H and O–H groups in total. The summed E-state index contributed by atoms with van der Waals surface area (Å²) in [5.41, 5.74) is 4.45. The van der Waals surface area contributed by atoms with E-state index in [2.05, 4.69) is 6.92 Å². The van der Waals surface area contributed by atoms with Gasteiger partial charge in [-0.2, -0.15) is 0 Å². The van der Waals surface area contributed by atoms with E-state index in [-0.39, 0.29) is 17.7 Å². The van der Waals surface area contributed by atoms with Crippen LogP contribution in [0.3, 0.4) is 0 Å². The van der Waals surface area contributed by atoms with E-state index in [1.807, 2.05) is 43.3 Å². The summed E-state index contributed by atoms with van der Waals surface area (Å²) in [6, 6.07) is 16.7. The molecule has 0 bridgehead atoms. The molecule has 1 aliphatic carbocycles. The Morgan fingerprint density at radius 2 is 1.44 bits per heavy atom. The molecule has 1 saturated carbocycles. The molecular weight excluding hydrogens is 405 g/mol. The molecule has 0 nitrogen and oxygen atoms in total. The lowest BCUT2D eigenvalue weighted by atomic mass is 9.75. The normalized spacial score (nSPS) is 18.7. The van der Waals surface area contributed by atoms with E-state index in [0.717, 1.165) is 49.7 Å². The van der Waals surface area contributed by atoms with Gasteiger partial charge < -0.3 is 0 Å². The Balaban J connectivity index is 1.48. The number of hydrogen-bond acceptors (Lipinski definition) is 0. The number of benzene rings is 3. The summed E-state index contributed by atoms with van der Waals surface area (Å²) in [6.45, 7) is 4.07. The van der Waals surface area contributed by atoms with Crippen LogP contribution < -0.4 is 0 Å². The maximum Gasteiger partial charge on any atom is 0.166 e. The Morgan fingerprint density at radius 3 is 2.06 bits per heavy atom. The van der Waals surface area contributed by atoms with Crippen molar-refractivity contribution in [3.63, 3.8) is 0 Å². The van der Waals surface area contributed by atoms with E-state index in [1.165, 1.54) is 5.56 Å². The van der Waals surface area contributed by atoms with Gasteiger partial charge in [-0.15, -0.1) is 0 Å². The number of rotatable bonds is 6. The number of hydrogen-bond donors (Lipinski definition) is 0. The van der Waals surface area contributed by atoms with Gasteiger partial charge >= 0.3 is 0 Å². The molecule has 1 fully saturated rings. The van der Waals surface area contributed by atoms with Crippen LogP contribution in [0.15, 0.2) is 54.6 Å². The van der Waals surface area contributed by atoms with Gasteiger partial charge in [0.2, 0.25) is 0 Å². The summed E-state index contributed by atoms with van der Waals surface area (Å²) in [5, 5.41) is 0. The van der Waals surface area contributed by atoms with E-state index in [4.69, 9.17) is 0 Å². The van der Waals surface area contributed by atoms with E-state index in [0.29, 0.717) is 23.1 Å². The van der Waals surface area contributed by atoms with Crippen LogP contribution in [0.2, 0.25) is 0 Å². The predicted octanol–water partition coefficient (Wildman–Crippen LogP) is 8.73. The van der Waals surface area contributed by atoms with Crippen LogP contribution in [0.5, 0.6) is 0 Å². The first-order valence-electron chi connectivity index (χ1n) is 11.9. The minimum atomic E-state index is -0.759. The van der Waals surface area contributed by atoms with Crippen molar-refractivity contribution in [1.82, 2.24) is 0 Å². The van der Waals surface area contributed by atoms with Crippen molar-refractivity contribution in [3.8, 4) is 11.1 Å². The van der Waals surface area contributed by atoms with E-state index >= 15 is 4.39 Å². The van der Waals surface area contributed by atoms with Crippen molar-refractivity contribution in [2.45, 2.75) is 70.6 Å². The minimum absolute atomic E-state index is 0.00138. The lowest BCUT2D eigenvalue weighted by molar-refractivity contribution is 0.381. The van der Waals surface area contributed by atoms with Gasteiger partial charge in [-0.1, -0.05) is 68.8 Å². The van der Waals surface area contributed by atoms with Crippen LogP contribution in [0.25, 0.3) is 11.1 Å². The molecule has 32 heavy (non-hydrogen) atoms. The third-order valence-electron chi connectivity index (χ3n) is 7.01. The molecular formula is C29H31F3. The van der Waals surface area contributed by atoms with Gasteiger partial charge in [-0.25, -0.2) is 13.2 Å². The second-order valence-electron chi connectivity index (χ2n) is 9.03. The zero-order chi connectivity index (χ0) is 22.7. The van der Waals surface area contributed by atoms with Crippen molar-refractivity contribution in [2.24, 2.45) is 0 Å². The van der Waals surface area contributed by atoms with Gasteiger partial charge in [0.1, 0.15) is 5.82 Å². The smallest absolute Gasteiger partial charge is 0.166 e. The average molecular weight is 437 g/mol. The molecule has 0 heterocycles. The maximum atomic E-state index is 15.1. The summed E-state index contributed by atoms with van der Waals surface area (Å²) in [6.07, 6.45) is 6.00. The largest absolute Gasteiger partial charge is 0.207 e. The van der Waals surface area contributed by atoms with Crippen molar-refractivity contribution in [3.05, 3.63) is 94.3 Å². The summed E-state index contributed by atoms with van der Waals surface area (Å²) in [4.78, 5) is 0. The van der Waals surface area contributed by atoms with Gasteiger partial charge in [-0.05, 0) is 84.2 Å². The predicted molar refractivity (Wildman–Crippen MR) is 126 cm³/mol. The highest BCUT2D eigenvalue weighted by Crippen LogP contribution is 2.42. The minimum Gasteiger partial charge on any atom is -0.207 e. The molecule has 1 aliphatic rings. The first-order chi connectivity index (χ1) is 15.5. The summed E-state index contributed by atoms with van der Waals surface area (Å²) < 4.78 is 44.2. The fourth-order valence-electron chi connectivity index (χ4n) is 5.08. The standard InChI is InChI=1S/C29H31F3/c1-3-5-19-6-8-22(9-7-19)25-16-17-26(29(32)28(25)31)23-13-11-21(12-14-23)24-15-10-20(4-2)27(30)18-24/h6-10,15-18,21,23H,3-5,11-14H2,1-2H3. The monoisotopic (exact) mass is 436 g/mol. The molecule has 0 atom stereocenters. The highest BCUT2D eigenvalue weighted by atomic mass is 19.2. The molecule has 0 amide bonds. The number of aryl methyl sites for hydroxylation is 2. The molecule has 0 radical (unpaired) electrons. The van der Waals surface area contributed by atoms with Crippen molar-refractivity contribution >= 4 is 0 Å². The maximum absolute atomic E-state index is 15.1. The van der Waals surface area contributed by atoms with Crippen LogP contribution in [0.4, 0.5) is 13.2 Å². The lowest BCUT2D eigenvalue weighted by Crippen LogP contribution is -2.14. The second kappa shape index (κ2) is 9.94. The number of halogens is 3. The van der Waals surface area contributed by atoms with Crippen LogP contribution in [0, 0.1) is 17.5 Å². The third-order valence-corrected chi connectivity index (χ3v) is 7.01. The van der Waals surface area contributed by atoms with Gasteiger partial charge in [0.25, 0.3) is 0 Å². The zero-order valence-electron chi connectivity index (χ0n) is 18.9. The van der Waals surface area contributed by atoms with Crippen molar-refractivity contribution in [2.75, 3.05) is 0 Å². The Morgan fingerprint density at radius 1 is 0.750 bits per heavy atom. The SMILES string of the molecule is CCCc1ccc(-c2ccc(C3CCC(c4ccc(CC)c(F)c4)CC3)c(F)c2F)cc1. The molecule has 0 saturated heterocycles. The van der Waals surface area contributed by atoms with Crippen LogP contribution in [0.1, 0.15) is 80.0 Å². The fourth-order valence-corrected chi connectivity index (χ4v) is 5.08. The molecule has 0 unspecified atom stereocenters. The van der Waals surface area contributed by atoms with Gasteiger partial charge in [0.05, 0.1) is 0 Å². The van der Waals surface area contributed by atoms with Gasteiger partial charge in [0.15, 0.2) is 11.6 Å². The lowest BCUT2D eigenvalue weighted by Gasteiger charge is -2.29. The molecule has 168 valence electrons. The summed E-state index contributed by atoms with van der Waals surface area (Å²) in [7, 11) is 0. The third kappa shape index (κ3) is 4.62. The molecule has 0 aliphatic heterocycles. The average Bonchev–Trinajstić information content (AvgIpc) is 2.82. The van der Waals surface area contributed by atoms with Crippen molar-refractivity contribution in [1.29, 1.82) is 0 Å². The Hall–Kier alpha value is -2.55. The Kier molecular flexibility index (Phi) is 7.03.